The van der Waals surface area contributed by atoms with Crippen LogP contribution in [0, 0.1) is 5.92 Å². The van der Waals surface area contributed by atoms with Crippen molar-refractivity contribution in [1.29, 1.82) is 0 Å². The van der Waals surface area contributed by atoms with Crippen molar-refractivity contribution in [3.63, 3.8) is 0 Å². The SMILES string of the molecule is COc1cc(OC)c(CNc2cc(N3CCCC(C)C3)ncn2)c(OC)c1. The lowest BCUT2D eigenvalue weighted by atomic mass is 10.0. The number of hydrogen-bond acceptors (Lipinski definition) is 7. The number of ether oxygens (including phenoxy) is 3. The first kappa shape index (κ1) is 19.1. The van der Waals surface area contributed by atoms with Crippen LogP contribution >= 0.6 is 0 Å². The third-order valence-corrected chi connectivity index (χ3v) is 4.90. The number of anilines is 2. The first-order valence-corrected chi connectivity index (χ1v) is 9.24. The fraction of sp³-hybridized carbons (Fsp3) is 0.500. The van der Waals surface area contributed by atoms with Crippen LogP contribution in [-0.2, 0) is 6.54 Å². The van der Waals surface area contributed by atoms with Crippen molar-refractivity contribution in [2.24, 2.45) is 5.92 Å². The van der Waals surface area contributed by atoms with Gasteiger partial charge in [-0.2, -0.15) is 0 Å². The van der Waals surface area contributed by atoms with Gasteiger partial charge in [-0.25, -0.2) is 9.97 Å². The molecule has 2 heterocycles. The van der Waals surface area contributed by atoms with Gasteiger partial charge in [-0.15, -0.1) is 0 Å². The molecule has 2 aromatic rings. The van der Waals surface area contributed by atoms with E-state index in [0.29, 0.717) is 29.7 Å². The summed E-state index contributed by atoms with van der Waals surface area (Å²) >= 11 is 0. The number of nitrogens with one attached hydrogen (secondary N) is 1. The van der Waals surface area contributed by atoms with Crippen LogP contribution in [0.25, 0.3) is 0 Å². The van der Waals surface area contributed by atoms with Crippen LogP contribution < -0.4 is 24.4 Å². The number of methoxy groups -OCH3 is 3. The Labute approximate surface area is 160 Å². The van der Waals surface area contributed by atoms with Crippen molar-refractivity contribution in [3.8, 4) is 17.2 Å². The quantitative estimate of drug-likeness (QED) is 0.799. The van der Waals surface area contributed by atoms with E-state index in [0.717, 1.165) is 30.3 Å². The molecule has 7 nitrogen and oxygen atoms in total. The standard InChI is InChI=1S/C20H28N4O3/c1-14-6-5-7-24(12-14)20-10-19(22-13-23-20)21-11-16-17(26-3)8-15(25-2)9-18(16)27-4/h8-10,13-14H,5-7,11-12H2,1-4H3,(H,21,22,23). The van der Waals surface area contributed by atoms with Crippen LogP contribution in [0.3, 0.4) is 0 Å². The van der Waals surface area contributed by atoms with Crippen LogP contribution in [0.15, 0.2) is 24.5 Å². The fourth-order valence-corrected chi connectivity index (χ4v) is 3.45. The second kappa shape index (κ2) is 8.79. The minimum atomic E-state index is 0.517. The van der Waals surface area contributed by atoms with Crippen molar-refractivity contribution in [3.05, 3.63) is 30.1 Å². The second-order valence-electron chi connectivity index (χ2n) is 6.82. The Kier molecular flexibility index (Phi) is 6.21. The maximum atomic E-state index is 5.51. The molecule has 3 rings (SSSR count). The predicted octanol–water partition coefficient (Wildman–Crippen LogP) is 3.35. The number of piperidine rings is 1. The fourth-order valence-electron chi connectivity index (χ4n) is 3.45. The minimum absolute atomic E-state index is 0.517. The van der Waals surface area contributed by atoms with Gasteiger partial charge in [0.1, 0.15) is 35.2 Å². The van der Waals surface area contributed by atoms with E-state index < -0.39 is 0 Å². The summed E-state index contributed by atoms with van der Waals surface area (Å²) in [5.41, 5.74) is 0.910. The molecule has 0 radical (unpaired) electrons. The van der Waals surface area contributed by atoms with Gasteiger partial charge in [0.2, 0.25) is 0 Å². The number of hydrogen-bond donors (Lipinski definition) is 1. The molecule has 1 fully saturated rings. The molecule has 0 saturated carbocycles. The molecule has 1 aliphatic heterocycles. The Morgan fingerprint density at radius 3 is 2.44 bits per heavy atom. The van der Waals surface area contributed by atoms with Gasteiger partial charge in [0.05, 0.1) is 26.9 Å². The molecule has 0 bridgehead atoms. The molecule has 0 aliphatic carbocycles. The molecule has 1 aromatic carbocycles. The molecule has 1 aliphatic rings. The Morgan fingerprint density at radius 1 is 1.07 bits per heavy atom. The summed E-state index contributed by atoms with van der Waals surface area (Å²) in [6.45, 7) is 4.88. The van der Waals surface area contributed by atoms with Crippen molar-refractivity contribution in [2.75, 3.05) is 44.6 Å². The van der Waals surface area contributed by atoms with Gasteiger partial charge in [-0.3, -0.25) is 0 Å². The topological polar surface area (TPSA) is 68.7 Å². The van der Waals surface area contributed by atoms with Crippen molar-refractivity contribution in [1.82, 2.24) is 9.97 Å². The van der Waals surface area contributed by atoms with Crippen molar-refractivity contribution < 1.29 is 14.2 Å². The average molecular weight is 372 g/mol. The van der Waals surface area contributed by atoms with Crippen LogP contribution in [0.5, 0.6) is 17.2 Å². The van der Waals surface area contributed by atoms with E-state index >= 15 is 0 Å². The lowest BCUT2D eigenvalue weighted by Gasteiger charge is -2.31. The summed E-state index contributed by atoms with van der Waals surface area (Å²) in [5.74, 6) is 4.54. The monoisotopic (exact) mass is 372 g/mol. The molecule has 0 spiro atoms. The molecule has 1 atom stereocenters. The van der Waals surface area contributed by atoms with Gasteiger partial charge >= 0.3 is 0 Å². The number of aromatic nitrogens is 2. The van der Waals surface area contributed by atoms with E-state index in [1.807, 2.05) is 18.2 Å². The maximum absolute atomic E-state index is 5.51. The molecule has 27 heavy (non-hydrogen) atoms. The van der Waals surface area contributed by atoms with E-state index in [1.54, 1.807) is 27.7 Å². The van der Waals surface area contributed by atoms with E-state index in [-0.39, 0.29) is 0 Å². The zero-order valence-electron chi connectivity index (χ0n) is 16.5. The predicted molar refractivity (Wildman–Crippen MR) is 106 cm³/mol. The molecule has 146 valence electrons. The summed E-state index contributed by atoms with van der Waals surface area (Å²) < 4.78 is 16.3. The van der Waals surface area contributed by atoms with Crippen LogP contribution in [0.2, 0.25) is 0 Å². The van der Waals surface area contributed by atoms with Gasteiger partial charge in [0.25, 0.3) is 0 Å². The van der Waals surface area contributed by atoms with Crippen molar-refractivity contribution >= 4 is 11.6 Å². The lowest BCUT2D eigenvalue weighted by Crippen LogP contribution is -2.34. The van der Waals surface area contributed by atoms with Crippen LogP contribution in [-0.4, -0.2) is 44.4 Å². The van der Waals surface area contributed by atoms with E-state index in [1.165, 1.54) is 12.8 Å². The van der Waals surface area contributed by atoms with Gasteiger partial charge < -0.3 is 24.4 Å². The zero-order chi connectivity index (χ0) is 19.2. The van der Waals surface area contributed by atoms with Crippen LogP contribution in [0.4, 0.5) is 11.6 Å². The first-order valence-electron chi connectivity index (χ1n) is 9.24. The Hall–Kier alpha value is -2.70. The van der Waals surface area contributed by atoms with Crippen molar-refractivity contribution in [2.45, 2.75) is 26.3 Å². The highest BCUT2D eigenvalue weighted by atomic mass is 16.5. The molecule has 1 unspecified atom stereocenters. The lowest BCUT2D eigenvalue weighted by molar-refractivity contribution is 0.369. The Balaban J connectivity index is 1.76. The molecule has 1 aromatic heterocycles. The van der Waals surface area contributed by atoms with Gasteiger partial charge in [0, 0.05) is 37.8 Å². The highest BCUT2D eigenvalue weighted by Gasteiger charge is 2.18. The smallest absolute Gasteiger partial charge is 0.134 e. The largest absolute Gasteiger partial charge is 0.496 e. The van der Waals surface area contributed by atoms with E-state index in [2.05, 4.69) is 27.1 Å². The minimum Gasteiger partial charge on any atom is -0.496 e. The van der Waals surface area contributed by atoms with Gasteiger partial charge in [-0.05, 0) is 18.8 Å². The maximum Gasteiger partial charge on any atom is 0.134 e. The molecular weight excluding hydrogens is 344 g/mol. The summed E-state index contributed by atoms with van der Waals surface area (Å²) in [5, 5.41) is 3.36. The number of benzene rings is 1. The van der Waals surface area contributed by atoms with E-state index in [4.69, 9.17) is 14.2 Å². The summed E-state index contributed by atoms with van der Waals surface area (Å²) in [6, 6.07) is 5.70. The molecule has 1 N–H and O–H groups in total. The first-order chi connectivity index (χ1) is 13.1. The normalized spacial score (nSPS) is 16.7. The van der Waals surface area contributed by atoms with Gasteiger partial charge in [-0.1, -0.05) is 6.92 Å². The Morgan fingerprint density at radius 2 is 1.81 bits per heavy atom. The van der Waals surface area contributed by atoms with Crippen LogP contribution in [0.1, 0.15) is 25.3 Å². The molecular formula is C20H28N4O3. The summed E-state index contributed by atoms with van der Waals surface area (Å²) in [7, 11) is 4.89. The molecule has 0 amide bonds. The summed E-state index contributed by atoms with van der Waals surface area (Å²) in [4.78, 5) is 11.1. The highest BCUT2D eigenvalue weighted by Crippen LogP contribution is 2.34. The average Bonchev–Trinajstić information content (AvgIpc) is 2.71. The highest BCUT2D eigenvalue weighted by molar-refractivity contribution is 5.54. The Bertz CT molecular complexity index is 744. The third-order valence-electron chi connectivity index (χ3n) is 4.90. The zero-order valence-corrected chi connectivity index (χ0v) is 16.5. The van der Waals surface area contributed by atoms with E-state index in [9.17, 15) is 0 Å². The molecule has 1 saturated heterocycles. The van der Waals surface area contributed by atoms with Gasteiger partial charge in [0.15, 0.2) is 0 Å². The summed E-state index contributed by atoms with van der Waals surface area (Å²) in [6.07, 6.45) is 4.09. The second-order valence-corrected chi connectivity index (χ2v) is 6.82. The molecule has 7 heteroatoms. The number of nitrogens with zero attached hydrogens (tertiary/aromatic N) is 3. The number of rotatable bonds is 7. The third kappa shape index (κ3) is 4.53.